The van der Waals surface area contributed by atoms with Gasteiger partial charge in [0.15, 0.2) is 5.13 Å². The third-order valence-electron chi connectivity index (χ3n) is 2.72. The maximum atomic E-state index is 12.0. The molecule has 0 aliphatic rings. The number of aromatic nitrogens is 1. The summed E-state index contributed by atoms with van der Waals surface area (Å²) in [6, 6.07) is 4.04. The Morgan fingerprint density at radius 2 is 2.11 bits per heavy atom. The van der Waals surface area contributed by atoms with Gasteiger partial charge in [0.05, 0.1) is 15.0 Å². The molecule has 19 heavy (non-hydrogen) atoms. The molecule has 1 N–H and O–H groups in total. The summed E-state index contributed by atoms with van der Waals surface area (Å²) in [5.41, 5.74) is 2.04. The molecule has 0 saturated carbocycles. The van der Waals surface area contributed by atoms with Crippen molar-refractivity contribution in [3.05, 3.63) is 22.2 Å². The Morgan fingerprint density at radius 3 is 2.74 bits per heavy atom. The molecule has 0 unspecified atom stereocenters. The molecule has 0 spiro atoms. The Labute approximate surface area is 133 Å². The smallest absolute Gasteiger partial charge is 0.240 e. The molecule has 1 heterocycles. The van der Waals surface area contributed by atoms with Crippen molar-refractivity contribution in [3.8, 4) is 0 Å². The fourth-order valence-corrected chi connectivity index (χ4v) is 3.51. The molecule has 0 aliphatic carbocycles. The van der Waals surface area contributed by atoms with Gasteiger partial charge >= 0.3 is 0 Å². The lowest BCUT2D eigenvalue weighted by molar-refractivity contribution is -0.116. The van der Waals surface area contributed by atoms with Gasteiger partial charge in [-0.2, -0.15) is 0 Å². The first-order chi connectivity index (χ1) is 8.88. The number of thiazole rings is 1. The van der Waals surface area contributed by atoms with E-state index in [0.717, 1.165) is 20.3 Å². The average molecular weight is 406 g/mol. The molecule has 0 radical (unpaired) electrons. The van der Waals surface area contributed by atoms with E-state index in [1.165, 1.54) is 11.3 Å². The highest BCUT2D eigenvalue weighted by Gasteiger charge is 2.20. The summed E-state index contributed by atoms with van der Waals surface area (Å²) >= 11 is 8.35. The van der Waals surface area contributed by atoms with Crippen LogP contribution in [0.2, 0.25) is 0 Å². The fraction of sp³-hybridized carbons (Fsp3) is 0.385. The summed E-state index contributed by atoms with van der Waals surface area (Å²) in [7, 11) is 0. The lowest BCUT2D eigenvalue weighted by Gasteiger charge is -2.11. The van der Waals surface area contributed by atoms with Gasteiger partial charge in [0.1, 0.15) is 0 Å². The number of anilines is 1. The van der Waals surface area contributed by atoms with E-state index in [-0.39, 0.29) is 16.7 Å². The molecule has 1 aromatic carbocycles. The van der Waals surface area contributed by atoms with Crippen LogP contribution in [-0.4, -0.2) is 15.7 Å². The molecular weight excluding hydrogens is 392 g/mol. The average Bonchev–Trinajstić information content (AvgIpc) is 2.70. The Balaban J connectivity index is 2.27. The van der Waals surface area contributed by atoms with Gasteiger partial charge in [0.2, 0.25) is 5.91 Å². The van der Waals surface area contributed by atoms with Crippen LogP contribution in [0.3, 0.4) is 0 Å². The van der Waals surface area contributed by atoms with E-state index in [1.807, 2.05) is 32.9 Å². The van der Waals surface area contributed by atoms with Gasteiger partial charge in [-0.3, -0.25) is 4.79 Å². The Morgan fingerprint density at radius 1 is 1.42 bits per heavy atom. The topological polar surface area (TPSA) is 42.0 Å². The SMILES string of the molecule is Cc1cc(Br)cc2sc(NC(=O)[C@H](Br)C(C)C)nc12. The van der Waals surface area contributed by atoms with Crippen molar-refractivity contribution in [2.45, 2.75) is 25.6 Å². The summed E-state index contributed by atoms with van der Waals surface area (Å²) in [4.78, 5) is 16.3. The van der Waals surface area contributed by atoms with Gasteiger partial charge in [-0.05, 0) is 30.5 Å². The predicted octanol–water partition coefficient (Wildman–Crippen LogP) is 4.73. The van der Waals surface area contributed by atoms with Crippen LogP contribution in [0.4, 0.5) is 5.13 Å². The van der Waals surface area contributed by atoms with Crippen molar-refractivity contribution >= 4 is 64.5 Å². The number of alkyl halides is 1. The van der Waals surface area contributed by atoms with E-state index in [0.29, 0.717) is 5.13 Å². The van der Waals surface area contributed by atoms with Gasteiger partial charge in [-0.15, -0.1) is 0 Å². The van der Waals surface area contributed by atoms with Crippen LogP contribution in [-0.2, 0) is 4.79 Å². The minimum Gasteiger partial charge on any atom is -0.301 e. The number of nitrogens with one attached hydrogen (secondary N) is 1. The highest BCUT2D eigenvalue weighted by molar-refractivity contribution is 9.10. The maximum absolute atomic E-state index is 12.0. The molecule has 1 amide bonds. The first-order valence-electron chi connectivity index (χ1n) is 5.90. The number of fused-ring (bicyclic) bond motifs is 1. The van der Waals surface area contributed by atoms with Gasteiger partial charge in [0.25, 0.3) is 0 Å². The number of amides is 1. The van der Waals surface area contributed by atoms with Crippen molar-refractivity contribution in [1.29, 1.82) is 0 Å². The van der Waals surface area contributed by atoms with Crippen LogP contribution >= 0.6 is 43.2 Å². The van der Waals surface area contributed by atoms with Gasteiger partial charge < -0.3 is 5.32 Å². The number of aryl methyl sites for hydroxylation is 1. The number of hydrogen-bond acceptors (Lipinski definition) is 3. The lowest BCUT2D eigenvalue weighted by Crippen LogP contribution is -2.26. The molecule has 0 bridgehead atoms. The highest BCUT2D eigenvalue weighted by Crippen LogP contribution is 2.31. The largest absolute Gasteiger partial charge is 0.301 e. The molecule has 2 aromatic rings. The second-order valence-electron chi connectivity index (χ2n) is 4.72. The van der Waals surface area contributed by atoms with Crippen molar-refractivity contribution < 1.29 is 4.79 Å². The van der Waals surface area contributed by atoms with Crippen LogP contribution in [0.5, 0.6) is 0 Å². The molecule has 1 aromatic heterocycles. The van der Waals surface area contributed by atoms with E-state index in [1.54, 1.807) is 0 Å². The minimum atomic E-state index is -0.202. The number of rotatable bonds is 3. The number of hydrogen-bond donors (Lipinski definition) is 1. The standard InChI is InChI=1S/C13H14Br2N2OS/c1-6(2)10(15)12(18)17-13-16-11-7(3)4-8(14)5-9(11)19-13/h4-6,10H,1-3H3,(H,16,17,18)/t10-/m1/s1. The number of nitrogens with zero attached hydrogens (tertiary/aromatic N) is 1. The number of carbonyl (C=O) groups is 1. The van der Waals surface area contributed by atoms with Crippen molar-refractivity contribution in [2.24, 2.45) is 5.92 Å². The van der Waals surface area contributed by atoms with E-state index >= 15 is 0 Å². The molecule has 3 nitrogen and oxygen atoms in total. The first kappa shape index (κ1) is 14.9. The quantitative estimate of drug-likeness (QED) is 0.750. The first-order valence-corrected chi connectivity index (χ1v) is 8.42. The summed E-state index contributed by atoms with van der Waals surface area (Å²) < 4.78 is 2.09. The van der Waals surface area contributed by atoms with E-state index in [4.69, 9.17) is 0 Å². The number of benzene rings is 1. The molecule has 0 fully saturated rings. The third kappa shape index (κ3) is 3.35. The van der Waals surface area contributed by atoms with E-state index in [2.05, 4.69) is 42.2 Å². The van der Waals surface area contributed by atoms with Crippen LogP contribution in [0.25, 0.3) is 10.2 Å². The van der Waals surface area contributed by atoms with Gasteiger partial charge in [-0.25, -0.2) is 4.98 Å². The highest BCUT2D eigenvalue weighted by atomic mass is 79.9. The Bertz CT molecular complexity index is 624. The van der Waals surface area contributed by atoms with Gasteiger partial charge in [-0.1, -0.05) is 57.0 Å². The zero-order chi connectivity index (χ0) is 14.2. The zero-order valence-electron chi connectivity index (χ0n) is 10.8. The van der Waals surface area contributed by atoms with Crippen LogP contribution in [0.1, 0.15) is 19.4 Å². The van der Waals surface area contributed by atoms with E-state index in [9.17, 15) is 4.79 Å². The minimum absolute atomic E-state index is 0.0502. The monoisotopic (exact) mass is 404 g/mol. The maximum Gasteiger partial charge on any atom is 0.240 e. The third-order valence-corrected chi connectivity index (χ3v) is 5.56. The van der Waals surface area contributed by atoms with Crippen molar-refractivity contribution in [2.75, 3.05) is 5.32 Å². The summed E-state index contributed by atoms with van der Waals surface area (Å²) in [6.45, 7) is 6.01. The molecule has 0 aliphatic heterocycles. The summed E-state index contributed by atoms with van der Waals surface area (Å²) in [5, 5.41) is 3.51. The van der Waals surface area contributed by atoms with Crippen molar-refractivity contribution in [1.82, 2.24) is 4.98 Å². The Kier molecular flexibility index (Phi) is 4.63. The van der Waals surface area contributed by atoms with Crippen LogP contribution in [0, 0.1) is 12.8 Å². The molecular formula is C13H14Br2N2OS. The molecule has 6 heteroatoms. The van der Waals surface area contributed by atoms with Crippen LogP contribution in [0.15, 0.2) is 16.6 Å². The van der Waals surface area contributed by atoms with Crippen molar-refractivity contribution in [3.63, 3.8) is 0 Å². The van der Waals surface area contributed by atoms with Crippen LogP contribution < -0.4 is 5.32 Å². The molecule has 102 valence electrons. The number of halogens is 2. The van der Waals surface area contributed by atoms with E-state index < -0.39 is 0 Å². The predicted molar refractivity (Wildman–Crippen MR) is 88.2 cm³/mol. The summed E-state index contributed by atoms with van der Waals surface area (Å²) in [5.74, 6) is 0.191. The summed E-state index contributed by atoms with van der Waals surface area (Å²) in [6.07, 6.45) is 0. The van der Waals surface area contributed by atoms with Gasteiger partial charge in [0, 0.05) is 4.47 Å². The molecule has 2 rings (SSSR count). The molecule has 1 atom stereocenters. The second kappa shape index (κ2) is 5.89. The zero-order valence-corrected chi connectivity index (χ0v) is 14.8. The second-order valence-corrected chi connectivity index (χ2v) is 7.66. The normalized spacial score (nSPS) is 12.9. The number of carbonyl (C=O) groups excluding carboxylic acids is 1. The Hall–Kier alpha value is -0.460. The lowest BCUT2D eigenvalue weighted by atomic mass is 10.1. The fourth-order valence-electron chi connectivity index (χ4n) is 1.68. The molecule has 0 saturated heterocycles.